The van der Waals surface area contributed by atoms with Crippen molar-refractivity contribution in [1.82, 2.24) is 15.1 Å². The Morgan fingerprint density at radius 1 is 1.16 bits per heavy atom. The first-order valence-electron chi connectivity index (χ1n) is 9.99. The molecule has 10 nitrogen and oxygen atoms in total. The predicted octanol–water partition coefficient (Wildman–Crippen LogP) is 2.37. The van der Waals surface area contributed by atoms with E-state index >= 15 is 0 Å². The van der Waals surface area contributed by atoms with Gasteiger partial charge in [0.15, 0.2) is 6.61 Å². The summed E-state index contributed by atoms with van der Waals surface area (Å²) in [6.45, 7) is 2.77. The average molecular weight is 435 g/mol. The zero-order chi connectivity index (χ0) is 22.7. The smallest absolute Gasteiger partial charge is 0.306 e. The number of carbonyl (C=O) groups excluding carboxylic acids is 3. The molecule has 2 amide bonds. The highest BCUT2D eigenvalue weighted by molar-refractivity contribution is 6.14. The van der Waals surface area contributed by atoms with Gasteiger partial charge >= 0.3 is 5.97 Å². The van der Waals surface area contributed by atoms with E-state index in [0.29, 0.717) is 22.9 Å². The van der Waals surface area contributed by atoms with Crippen molar-refractivity contribution in [3.63, 3.8) is 0 Å². The summed E-state index contributed by atoms with van der Waals surface area (Å²) in [6, 6.07) is 12.3. The number of para-hydroxylation sites is 2. The molecule has 2 aromatic heterocycles. The van der Waals surface area contributed by atoms with Crippen molar-refractivity contribution in [1.29, 1.82) is 0 Å². The molecule has 1 aromatic carbocycles. The SMILES string of the molecule is CC1(C)C(=O)Nc2ccccc2N1C(=O)COC(=O)CCc1nc(-c2ccccn2)no1. The zero-order valence-electron chi connectivity index (χ0n) is 17.6. The average Bonchev–Trinajstić information content (AvgIpc) is 3.26. The van der Waals surface area contributed by atoms with Gasteiger partial charge in [0.2, 0.25) is 17.6 Å². The Labute approximate surface area is 183 Å². The number of pyridine rings is 1. The lowest BCUT2D eigenvalue weighted by molar-refractivity contribution is -0.148. The van der Waals surface area contributed by atoms with Gasteiger partial charge in [-0.1, -0.05) is 23.4 Å². The molecule has 0 saturated carbocycles. The summed E-state index contributed by atoms with van der Waals surface area (Å²) >= 11 is 0. The van der Waals surface area contributed by atoms with Crippen molar-refractivity contribution in [2.45, 2.75) is 32.2 Å². The zero-order valence-corrected chi connectivity index (χ0v) is 17.6. The molecule has 3 aromatic rings. The standard InChI is InChI=1S/C22H21N5O5/c1-22(2)21(30)24-14-7-3-4-9-16(14)27(22)18(28)13-31-19(29)11-10-17-25-20(26-32-17)15-8-5-6-12-23-15/h3-9,12H,10-11,13H2,1-2H3,(H,24,30). The number of amides is 2. The summed E-state index contributed by atoms with van der Waals surface area (Å²) in [4.78, 5) is 47.2. The topological polar surface area (TPSA) is 128 Å². The van der Waals surface area contributed by atoms with Crippen LogP contribution < -0.4 is 10.2 Å². The molecule has 32 heavy (non-hydrogen) atoms. The number of rotatable bonds is 6. The van der Waals surface area contributed by atoms with Crippen molar-refractivity contribution >= 4 is 29.2 Å². The maximum atomic E-state index is 12.9. The fourth-order valence-corrected chi connectivity index (χ4v) is 3.34. The first kappa shape index (κ1) is 21.2. The van der Waals surface area contributed by atoms with Crippen LogP contribution >= 0.6 is 0 Å². The van der Waals surface area contributed by atoms with E-state index in [2.05, 4.69) is 20.4 Å². The van der Waals surface area contributed by atoms with E-state index in [1.54, 1.807) is 62.5 Å². The first-order chi connectivity index (χ1) is 15.4. The van der Waals surface area contributed by atoms with Gasteiger partial charge in [-0.3, -0.25) is 24.3 Å². The van der Waals surface area contributed by atoms with E-state index in [-0.39, 0.29) is 24.6 Å². The second-order valence-electron chi connectivity index (χ2n) is 7.65. The molecule has 4 rings (SSSR count). The van der Waals surface area contributed by atoms with Gasteiger partial charge in [0.05, 0.1) is 17.8 Å². The molecular weight excluding hydrogens is 414 g/mol. The number of nitrogens with zero attached hydrogens (tertiary/aromatic N) is 4. The number of carbonyl (C=O) groups is 3. The van der Waals surface area contributed by atoms with E-state index in [1.165, 1.54) is 4.90 Å². The van der Waals surface area contributed by atoms with Gasteiger partial charge in [0.25, 0.3) is 5.91 Å². The second kappa shape index (κ2) is 8.58. The minimum absolute atomic E-state index is 0.0441. The summed E-state index contributed by atoms with van der Waals surface area (Å²) in [5.41, 5.74) is 0.496. The van der Waals surface area contributed by atoms with Crippen LogP contribution in [0.1, 0.15) is 26.2 Å². The number of aromatic nitrogens is 3. The van der Waals surface area contributed by atoms with Gasteiger partial charge in [-0.15, -0.1) is 0 Å². The summed E-state index contributed by atoms with van der Waals surface area (Å²) in [5.74, 6) is -0.828. The molecule has 0 aliphatic carbocycles. The van der Waals surface area contributed by atoms with Crippen LogP contribution in [0.4, 0.5) is 11.4 Å². The Kier molecular flexibility index (Phi) is 5.67. The van der Waals surface area contributed by atoms with Gasteiger partial charge in [-0.05, 0) is 38.1 Å². The Bertz CT molecular complexity index is 1160. The number of nitrogens with one attached hydrogen (secondary N) is 1. The summed E-state index contributed by atoms with van der Waals surface area (Å²) < 4.78 is 10.3. The molecule has 1 aliphatic heterocycles. The van der Waals surface area contributed by atoms with Crippen molar-refractivity contribution in [3.8, 4) is 11.5 Å². The fourth-order valence-electron chi connectivity index (χ4n) is 3.34. The molecule has 0 unspecified atom stereocenters. The maximum Gasteiger partial charge on any atom is 0.306 e. The third-order valence-electron chi connectivity index (χ3n) is 5.02. The molecule has 0 atom stereocenters. The van der Waals surface area contributed by atoms with E-state index in [1.807, 2.05) is 0 Å². The lowest BCUT2D eigenvalue weighted by atomic mass is 9.96. The van der Waals surface area contributed by atoms with Crippen molar-refractivity contribution in [2.24, 2.45) is 0 Å². The molecule has 10 heteroatoms. The molecule has 0 fully saturated rings. The number of hydrogen-bond donors (Lipinski definition) is 1. The quantitative estimate of drug-likeness (QED) is 0.585. The van der Waals surface area contributed by atoms with Crippen LogP contribution in [0.3, 0.4) is 0 Å². The van der Waals surface area contributed by atoms with Gasteiger partial charge in [-0.2, -0.15) is 4.98 Å². The summed E-state index contributed by atoms with van der Waals surface area (Å²) in [7, 11) is 0. The Morgan fingerprint density at radius 2 is 1.94 bits per heavy atom. The highest BCUT2D eigenvalue weighted by atomic mass is 16.5. The second-order valence-corrected chi connectivity index (χ2v) is 7.65. The van der Waals surface area contributed by atoms with E-state index in [9.17, 15) is 14.4 Å². The van der Waals surface area contributed by atoms with E-state index < -0.39 is 24.0 Å². The van der Waals surface area contributed by atoms with Crippen LogP contribution in [-0.4, -0.2) is 45.1 Å². The molecular formula is C22H21N5O5. The number of aryl methyl sites for hydroxylation is 1. The summed E-state index contributed by atoms with van der Waals surface area (Å²) in [5, 5.41) is 6.63. The molecule has 1 N–H and O–H groups in total. The highest BCUT2D eigenvalue weighted by Crippen LogP contribution is 2.36. The van der Waals surface area contributed by atoms with E-state index in [0.717, 1.165) is 0 Å². The Morgan fingerprint density at radius 3 is 2.72 bits per heavy atom. The van der Waals surface area contributed by atoms with Crippen LogP contribution in [0, 0.1) is 0 Å². The Hall–Kier alpha value is -4.08. The third kappa shape index (κ3) is 4.20. The van der Waals surface area contributed by atoms with Crippen molar-refractivity contribution < 1.29 is 23.6 Å². The Balaban J connectivity index is 1.35. The first-order valence-corrected chi connectivity index (χ1v) is 9.99. The van der Waals surface area contributed by atoms with E-state index in [4.69, 9.17) is 9.26 Å². The molecule has 3 heterocycles. The largest absolute Gasteiger partial charge is 0.456 e. The number of ether oxygens (including phenoxy) is 1. The van der Waals surface area contributed by atoms with Gasteiger partial charge < -0.3 is 14.6 Å². The normalized spacial score (nSPS) is 14.4. The van der Waals surface area contributed by atoms with Crippen LogP contribution in [0.25, 0.3) is 11.5 Å². The van der Waals surface area contributed by atoms with Crippen LogP contribution in [-0.2, 0) is 25.5 Å². The molecule has 0 spiro atoms. The molecule has 0 saturated heterocycles. The molecule has 1 aliphatic rings. The number of fused-ring (bicyclic) bond motifs is 1. The number of esters is 1. The highest BCUT2D eigenvalue weighted by Gasteiger charge is 2.43. The number of hydrogen-bond acceptors (Lipinski definition) is 8. The monoisotopic (exact) mass is 435 g/mol. The van der Waals surface area contributed by atoms with Gasteiger partial charge in [0, 0.05) is 12.6 Å². The van der Waals surface area contributed by atoms with Crippen molar-refractivity contribution in [2.75, 3.05) is 16.8 Å². The summed E-state index contributed by atoms with van der Waals surface area (Å²) in [6.07, 6.45) is 1.73. The molecule has 164 valence electrons. The lowest BCUT2D eigenvalue weighted by Gasteiger charge is -2.41. The van der Waals surface area contributed by atoms with Crippen molar-refractivity contribution in [3.05, 3.63) is 54.6 Å². The minimum Gasteiger partial charge on any atom is -0.456 e. The van der Waals surface area contributed by atoms with Gasteiger partial charge in [0.1, 0.15) is 11.2 Å². The van der Waals surface area contributed by atoms with Crippen LogP contribution in [0.5, 0.6) is 0 Å². The fraction of sp³-hybridized carbons (Fsp3) is 0.273. The minimum atomic E-state index is -1.14. The number of benzene rings is 1. The maximum absolute atomic E-state index is 12.9. The third-order valence-corrected chi connectivity index (χ3v) is 5.02. The number of anilines is 2. The van der Waals surface area contributed by atoms with Crippen LogP contribution in [0.15, 0.2) is 53.2 Å². The molecule has 0 bridgehead atoms. The van der Waals surface area contributed by atoms with Gasteiger partial charge in [-0.25, -0.2) is 0 Å². The van der Waals surface area contributed by atoms with Crippen LogP contribution in [0.2, 0.25) is 0 Å². The lowest BCUT2D eigenvalue weighted by Crippen LogP contribution is -2.59. The predicted molar refractivity (Wildman–Crippen MR) is 113 cm³/mol. The molecule has 0 radical (unpaired) electrons.